The fraction of sp³-hybridized carbons (Fsp3) is 0.500. The van der Waals surface area contributed by atoms with Crippen LogP contribution in [-0.2, 0) is 34.7 Å². The van der Waals surface area contributed by atoms with E-state index in [1.807, 2.05) is 18.3 Å². The number of hydrogen-bond acceptors (Lipinski definition) is 4. The summed E-state index contributed by atoms with van der Waals surface area (Å²) in [5, 5.41) is 10.2. The van der Waals surface area contributed by atoms with Gasteiger partial charge in [-0.1, -0.05) is 19.1 Å². The fourth-order valence-electron chi connectivity index (χ4n) is 3.86. The molecule has 4 heteroatoms. The summed E-state index contributed by atoms with van der Waals surface area (Å²) < 4.78 is 12.2. The summed E-state index contributed by atoms with van der Waals surface area (Å²) in [6.07, 6.45) is 2.87. The molecule has 0 radical (unpaired) electrons. The van der Waals surface area contributed by atoms with Crippen molar-refractivity contribution < 1.29 is 14.6 Å². The van der Waals surface area contributed by atoms with E-state index in [1.54, 1.807) is 0 Å². The number of benzene rings is 1. The predicted octanol–water partition coefficient (Wildman–Crippen LogP) is 4.14. The van der Waals surface area contributed by atoms with E-state index in [2.05, 4.69) is 37.3 Å². The molecule has 1 aromatic heterocycles. The van der Waals surface area contributed by atoms with Crippen molar-refractivity contribution in [2.45, 2.75) is 64.1 Å². The van der Waals surface area contributed by atoms with E-state index in [-0.39, 0.29) is 12.2 Å². The van der Waals surface area contributed by atoms with Crippen LogP contribution in [0.2, 0.25) is 0 Å². The van der Waals surface area contributed by atoms with Gasteiger partial charge < -0.3 is 14.6 Å². The van der Waals surface area contributed by atoms with Crippen LogP contribution in [0.3, 0.4) is 0 Å². The molecule has 3 nitrogen and oxygen atoms in total. The molecule has 24 heavy (non-hydrogen) atoms. The number of rotatable bonds is 3. The lowest BCUT2D eigenvalue weighted by Gasteiger charge is -2.39. The van der Waals surface area contributed by atoms with Crippen LogP contribution in [0, 0.1) is 0 Å². The molecule has 4 rings (SSSR count). The minimum Gasteiger partial charge on any atom is -0.393 e. The number of aliphatic hydroxyl groups is 1. The highest BCUT2D eigenvalue weighted by molar-refractivity contribution is 7.12. The van der Waals surface area contributed by atoms with Gasteiger partial charge in [-0.05, 0) is 49.1 Å². The Morgan fingerprint density at radius 2 is 2.08 bits per heavy atom. The molecule has 3 atom stereocenters. The van der Waals surface area contributed by atoms with E-state index in [1.165, 1.54) is 20.9 Å². The summed E-state index contributed by atoms with van der Waals surface area (Å²) in [6, 6.07) is 11.0. The Morgan fingerprint density at radius 1 is 1.25 bits per heavy atom. The lowest BCUT2D eigenvalue weighted by Crippen LogP contribution is -2.43. The minimum absolute atomic E-state index is 0.00719. The summed E-state index contributed by atoms with van der Waals surface area (Å²) in [4.78, 5) is 2.82. The fourth-order valence-corrected chi connectivity index (χ4v) is 4.85. The van der Waals surface area contributed by atoms with Gasteiger partial charge in [0.05, 0.1) is 18.8 Å². The van der Waals surface area contributed by atoms with E-state index in [9.17, 15) is 5.11 Å². The molecule has 2 aliphatic heterocycles. The highest BCUT2D eigenvalue weighted by atomic mass is 32.1. The minimum atomic E-state index is -0.757. The standard InChI is InChI=1S/C20H24O3S/c1-3-17-6-7-18(24-17)9-14-4-5-15-12-22-20(19(15)10-14)11-16(21)8-13(2)23-20/h4-7,10,13,16,21H,3,8-9,11-12H2,1-2H3/t13?,16?,20-/m1/s1. The summed E-state index contributed by atoms with van der Waals surface area (Å²) in [7, 11) is 0. The zero-order valence-electron chi connectivity index (χ0n) is 14.2. The smallest absolute Gasteiger partial charge is 0.198 e. The molecule has 2 unspecified atom stereocenters. The van der Waals surface area contributed by atoms with E-state index < -0.39 is 5.79 Å². The van der Waals surface area contributed by atoms with Crippen molar-refractivity contribution in [3.8, 4) is 0 Å². The maximum atomic E-state index is 10.2. The lowest BCUT2D eigenvalue weighted by atomic mass is 9.90. The first kappa shape index (κ1) is 16.3. The zero-order valence-corrected chi connectivity index (χ0v) is 15.1. The highest BCUT2D eigenvalue weighted by Gasteiger charge is 2.47. The van der Waals surface area contributed by atoms with E-state index in [0.29, 0.717) is 19.4 Å². The van der Waals surface area contributed by atoms with E-state index in [0.717, 1.165) is 18.4 Å². The molecular formula is C20H24O3S. The number of aliphatic hydroxyl groups excluding tert-OH is 1. The van der Waals surface area contributed by atoms with Crippen molar-refractivity contribution >= 4 is 11.3 Å². The van der Waals surface area contributed by atoms with Crippen molar-refractivity contribution in [1.82, 2.24) is 0 Å². The van der Waals surface area contributed by atoms with Gasteiger partial charge in [0.25, 0.3) is 0 Å². The number of thiophene rings is 1. The normalized spacial score (nSPS) is 29.1. The van der Waals surface area contributed by atoms with Gasteiger partial charge in [0.15, 0.2) is 5.79 Å². The number of hydrogen-bond donors (Lipinski definition) is 1. The van der Waals surface area contributed by atoms with Crippen molar-refractivity contribution in [2.24, 2.45) is 0 Å². The van der Waals surface area contributed by atoms with Gasteiger partial charge in [-0.25, -0.2) is 0 Å². The summed E-state index contributed by atoms with van der Waals surface area (Å²) >= 11 is 1.89. The molecule has 0 aliphatic carbocycles. The van der Waals surface area contributed by atoms with E-state index >= 15 is 0 Å². The third-order valence-electron chi connectivity index (χ3n) is 4.99. The van der Waals surface area contributed by atoms with Crippen molar-refractivity contribution in [3.05, 3.63) is 56.8 Å². The van der Waals surface area contributed by atoms with Crippen LogP contribution in [0.4, 0.5) is 0 Å². The lowest BCUT2D eigenvalue weighted by molar-refractivity contribution is -0.295. The molecule has 1 spiro atoms. The second-order valence-corrected chi connectivity index (χ2v) is 8.21. The molecule has 0 saturated carbocycles. The Hall–Kier alpha value is -1.20. The zero-order chi connectivity index (χ0) is 16.7. The third kappa shape index (κ3) is 2.93. The van der Waals surface area contributed by atoms with Gasteiger partial charge in [-0.15, -0.1) is 11.3 Å². The van der Waals surface area contributed by atoms with Gasteiger partial charge in [0.1, 0.15) is 0 Å². The Kier molecular flexibility index (Phi) is 4.25. The van der Waals surface area contributed by atoms with Crippen molar-refractivity contribution in [1.29, 1.82) is 0 Å². The Labute approximate surface area is 147 Å². The first-order valence-corrected chi connectivity index (χ1v) is 9.59. The Morgan fingerprint density at radius 3 is 2.83 bits per heavy atom. The molecule has 1 N–H and O–H groups in total. The van der Waals surface area contributed by atoms with Gasteiger partial charge in [0.2, 0.25) is 0 Å². The predicted molar refractivity (Wildman–Crippen MR) is 95.2 cm³/mol. The van der Waals surface area contributed by atoms with Crippen LogP contribution in [0.5, 0.6) is 0 Å². The topological polar surface area (TPSA) is 38.7 Å². The van der Waals surface area contributed by atoms with Crippen LogP contribution in [-0.4, -0.2) is 17.3 Å². The summed E-state index contributed by atoms with van der Waals surface area (Å²) in [5.74, 6) is -0.757. The molecule has 1 fully saturated rings. The van der Waals surface area contributed by atoms with Crippen LogP contribution in [0.15, 0.2) is 30.3 Å². The average Bonchev–Trinajstić information content (AvgIpc) is 3.12. The quantitative estimate of drug-likeness (QED) is 0.909. The second-order valence-electron chi connectivity index (χ2n) is 6.95. The Bertz CT molecular complexity index is 726. The maximum Gasteiger partial charge on any atom is 0.198 e. The van der Waals surface area contributed by atoms with Gasteiger partial charge >= 0.3 is 0 Å². The number of fused-ring (bicyclic) bond motifs is 2. The van der Waals surface area contributed by atoms with Gasteiger partial charge in [0, 0.05) is 28.2 Å². The van der Waals surface area contributed by atoms with Crippen molar-refractivity contribution in [3.63, 3.8) is 0 Å². The first-order chi connectivity index (χ1) is 11.6. The van der Waals surface area contributed by atoms with E-state index in [4.69, 9.17) is 9.47 Å². The molecule has 3 heterocycles. The molecule has 1 saturated heterocycles. The molecule has 1 aromatic carbocycles. The number of ether oxygens (including phenoxy) is 2. The first-order valence-electron chi connectivity index (χ1n) is 8.77. The van der Waals surface area contributed by atoms with Crippen LogP contribution < -0.4 is 0 Å². The average molecular weight is 344 g/mol. The monoisotopic (exact) mass is 344 g/mol. The number of aryl methyl sites for hydroxylation is 1. The second kappa shape index (κ2) is 6.26. The molecule has 128 valence electrons. The van der Waals surface area contributed by atoms with Crippen LogP contribution in [0.1, 0.15) is 53.1 Å². The summed E-state index contributed by atoms with van der Waals surface area (Å²) in [5.41, 5.74) is 3.57. The molecule has 2 aromatic rings. The largest absolute Gasteiger partial charge is 0.393 e. The molecule has 0 bridgehead atoms. The van der Waals surface area contributed by atoms with Gasteiger partial charge in [-0.2, -0.15) is 0 Å². The molecular weight excluding hydrogens is 320 g/mol. The van der Waals surface area contributed by atoms with Gasteiger partial charge in [-0.3, -0.25) is 0 Å². The third-order valence-corrected chi connectivity index (χ3v) is 6.22. The summed E-state index contributed by atoms with van der Waals surface area (Å²) in [6.45, 7) is 4.76. The molecule has 0 amide bonds. The highest BCUT2D eigenvalue weighted by Crippen LogP contribution is 2.45. The maximum absolute atomic E-state index is 10.2. The van der Waals surface area contributed by atoms with Crippen LogP contribution in [0.25, 0.3) is 0 Å². The van der Waals surface area contributed by atoms with Crippen LogP contribution >= 0.6 is 11.3 Å². The molecule has 2 aliphatic rings. The Balaban J connectivity index is 1.63. The van der Waals surface area contributed by atoms with Crippen molar-refractivity contribution in [2.75, 3.05) is 0 Å². The SMILES string of the molecule is CCc1ccc(Cc2ccc3c(c2)[C@]2(CC(O)CC(C)O2)OC3)s1.